The van der Waals surface area contributed by atoms with Crippen molar-refractivity contribution in [3.8, 4) is 0 Å². The van der Waals surface area contributed by atoms with Crippen molar-refractivity contribution in [2.75, 3.05) is 24.8 Å². The molecule has 0 bridgehead atoms. The van der Waals surface area contributed by atoms with Crippen molar-refractivity contribution in [3.63, 3.8) is 0 Å². The lowest BCUT2D eigenvalue weighted by Crippen LogP contribution is -2.20. The third-order valence-electron chi connectivity index (χ3n) is 2.59. The van der Waals surface area contributed by atoms with Crippen LogP contribution in [0.25, 0.3) is 0 Å². The van der Waals surface area contributed by atoms with E-state index in [0.29, 0.717) is 6.04 Å². The third kappa shape index (κ3) is 4.81. The highest BCUT2D eigenvalue weighted by Gasteiger charge is 2.03. The van der Waals surface area contributed by atoms with E-state index in [9.17, 15) is 0 Å². The van der Waals surface area contributed by atoms with E-state index in [0.717, 1.165) is 6.54 Å². The van der Waals surface area contributed by atoms with E-state index in [1.54, 1.807) is 11.8 Å². The molecule has 1 atom stereocenters. The van der Waals surface area contributed by atoms with E-state index >= 15 is 0 Å². The summed E-state index contributed by atoms with van der Waals surface area (Å²) in [4.78, 5) is 1.33. The summed E-state index contributed by atoms with van der Waals surface area (Å²) in [5, 5.41) is 3.55. The first kappa shape index (κ1) is 13.9. The second-order valence-corrected chi connectivity index (χ2v) is 5.66. The van der Waals surface area contributed by atoms with Gasteiger partial charge in [-0.1, -0.05) is 12.1 Å². The van der Waals surface area contributed by atoms with Gasteiger partial charge in [-0.2, -0.15) is 11.8 Å². The molecule has 1 N–H and O–H groups in total. The maximum atomic E-state index is 3.55. The number of thioether (sulfide) groups is 2. The van der Waals surface area contributed by atoms with Crippen molar-refractivity contribution in [3.05, 3.63) is 29.8 Å². The van der Waals surface area contributed by atoms with Gasteiger partial charge >= 0.3 is 0 Å². The SMILES string of the molecule is CSCCCNC(C)c1ccc(SC)cc1. The molecule has 0 spiro atoms. The van der Waals surface area contributed by atoms with Crippen molar-refractivity contribution < 1.29 is 0 Å². The fraction of sp³-hybridized carbons (Fsp3) is 0.538. The maximum Gasteiger partial charge on any atom is 0.0291 e. The van der Waals surface area contributed by atoms with E-state index in [4.69, 9.17) is 0 Å². The van der Waals surface area contributed by atoms with Gasteiger partial charge in [0.25, 0.3) is 0 Å². The molecule has 90 valence electrons. The Bertz CT molecular complexity index is 284. The van der Waals surface area contributed by atoms with Crippen LogP contribution >= 0.6 is 23.5 Å². The molecular weight excluding hydrogens is 234 g/mol. The normalized spacial score (nSPS) is 12.7. The Morgan fingerprint density at radius 1 is 1.19 bits per heavy atom. The second-order valence-electron chi connectivity index (χ2n) is 3.80. The molecule has 1 unspecified atom stereocenters. The minimum absolute atomic E-state index is 0.456. The quantitative estimate of drug-likeness (QED) is 0.588. The largest absolute Gasteiger partial charge is 0.310 e. The average Bonchev–Trinajstić information content (AvgIpc) is 2.34. The molecule has 0 aliphatic carbocycles. The van der Waals surface area contributed by atoms with Crippen molar-refractivity contribution in [2.45, 2.75) is 24.3 Å². The van der Waals surface area contributed by atoms with Gasteiger partial charge in [-0.05, 0) is 55.8 Å². The Labute approximate surface area is 108 Å². The molecule has 3 heteroatoms. The van der Waals surface area contributed by atoms with E-state index in [-0.39, 0.29) is 0 Å². The molecular formula is C13H21NS2. The molecule has 0 saturated carbocycles. The van der Waals surface area contributed by atoms with Crippen LogP contribution in [-0.4, -0.2) is 24.8 Å². The Kier molecular flexibility index (Phi) is 7.01. The van der Waals surface area contributed by atoms with Gasteiger partial charge in [-0.25, -0.2) is 0 Å². The third-order valence-corrected chi connectivity index (χ3v) is 4.03. The second kappa shape index (κ2) is 8.04. The molecule has 0 heterocycles. The summed E-state index contributed by atoms with van der Waals surface area (Å²) in [5.41, 5.74) is 1.38. The first-order valence-corrected chi connectivity index (χ1v) is 8.26. The molecule has 0 aliphatic rings. The van der Waals surface area contributed by atoms with Crippen LogP contribution in [0.15, 0.2) is 29.2 Å². The predicted octanol–water partition coefficient (Wildman–Crippen LogP) is 3.81. The van der Waals surface area contributed by atoms with Crippen molar-refractivity contribution >= 4 is 23.5 Å². The summed E-state index contributed by atoms with van der Waals surface area (Å²) >= 11 is 3.70. The minimum Gasteiger partial charge on any atom is -0.310 e. The number of hydrogen-bond acceptors (Lipinski definition) is 3. The Hall–Kier alpha value is -0.120. The van der Waals surface area contributed by atoms with Gasteiger partial charge in [0.05, 0.1) is 0 Å². The van der Waals surface area contributed by atoms with Gasteiger partial charge < -0.3 is 5.32 Å². The Morgan fingerprint density at radius 3 is 2.44 bits per heavy atom. The average molecular weight is 255 g/mol. The monoisotopic (exact) mass is 255 g/mol. The number of benzene rings is 1. The molecule has 1 aromatic carbocycles. The summed E-state index contributed by atoms with van der Waals surface area (Å²) in [7, 11) is 0. The number of nitrogens with one attached hydrogen (secondary N) is 1. The highest BCUT2D eigenvalue weighted by molar-refractivity contribution is 7.98. The summed E-state index contributed by atoms with van der Waals surface area (Å²) in [6.45, 7) is 3.33. The molecule has 1 rings (SSSR count). The van der Waals surface area contributed by atoms with Crippen LogP contribution in [0.3, 0.4) is 0 Å². The van der Waals surface area contributed by atoms with Gasteiger partial charge in [0.1, 0.15) is 0 Å². The molecule has 0 radical (unpaired) electrons. The first-order chi connectivity index (χ1) is 7.77. The number of hydrogen-bond donors (Lipinski definition) is 1. The molecule has 0 aliphatic heterocycles. The smallest absolute Gasteiger partial charge is 0.0291 e. The van der Waals surface area contributed by atoms with Crippen molar-refractivity contribution in [1.29, 1.82) is 0 Å². The Balaban J connectivity index is 2.37. The Morgan fingerprint density at radius 2 is 1.88 bits per heavy atom. The molecule has 16 heavy (non-hydrogen) atoms. The topological polar surface area (TPSA) is 12.0 Å². The fourth-order valence-electron chi connectivity index (χ4n) is 1.55. The zero-order chi connectivity index (χ0) is 11.8. The van der Waals surface area contributed by atoms with Gasteiger partial charge in [0.2, 0.25) is 0 Å². The van der Waals surface area contributed by atoms with Crippen LogP contribution in [0.1, 0.15) is 24.9 Å². The molecule has 0 saturated heterocycles. The van der Waals surface area contributed by atoms with Gasteiger partial charge in [0, 0.05) is 10.9 Å². The zero-order valence-corrected chi connectivity index (χ0v) is 12.0. The van der Waals surface area contributed by atoms with E-state index in [2.05, 4.69) is 49.0 Å². The van der Waals surface area contributed by atoms with E-state index < -0.39 is 0 Å². The fourth-order valence-corrected chi connectivity index (χ4v) is 2.39. The van der Waals surface area contributed by atoms with Crippen molar-refractivity contribution in [2.24, 2.45) is 0 Å². The molecule has 0 fully saturated rings. The lowest BCUT2D eigenvalue weighted by atomic mass is 10.1. The van der Waals surface area contributed by atoms with Crippen LogP contribution in [0, 0.1) is 0 Å². The van der Waals surface area contributed by atoms with Gasteiger partial charge in [0.15, 0.2) is 0 Å². The van der Waals surface area contributed by atoms with Crippen LogP contribution in [0.2, 0.25) is 0 Å². The zero-order valence-electron chi connectivity index (χ0n) is 10.3. The standard InChI is InChI=1S/C13H21NS2/c1-11(14-9-4-10-15-2)12-5-7-13(16-3)8-6-12/h5-8,11,14H,4,9-10H2,1-3H3. The molecule has 1 nitrogen and oxygen atoms in total. The van der Waals surface area contributed by atoms with Crippen LogP contribution in [-0.2, 0) is 0 Å². The first-order valence-electron chi connectivity index (χ1n) is 5.64. The van der Waals surface area contributed by atoms with Gasteiger partial charge in [-0.3, -0.25) is 0 Å². The lowest BCUT2D eigenvalue weighted by molar-refractivity contribution is 0.572. The van der Waals surface area contributed by atoms with Gasteiger partial charge in [-0.15, -0.1) is 11.8 Å². The highest BCUT2D eigenvalue weighted by Crippen LogP contribution is 2.18. The predicted molar refractivity (Wildman–Crippen MR) is 77.6 cm³/mol. The lowest BCUT2D eigenvalue weighted by Gasteiger charge is -2.14. The molecule has 0 aromatic heterocycles. The van der Waals surface area contributed by atoms with Crippen LogP contribution in [0.4, 0.5) is 0 Å². The van der Waals surface area contributed by atoms with E-state index in [1.165, 1.54) is 22.6 Å². The maximum absolute atomic E-state index is 3.55. The highest BCUT2D eigenvalue weighted by atomic mass is 32.2. The van der Waals surface area contributed by atoms with Crippen LogP contribution < -0.4 is 5.32 Å². The van der Waals surface area contributed by atoms with Crippen LogP contribution in [0.5, 0.6) is 0 Å². The van der Waals surface area contributed by atoms with Crippen molar-refractivity contribution in [1.82, 2.24) is 5.32 Å². The summed E-state index contributed by atoms with van der Waals surface area (Å²) in [6, 6.07) is 9.29. The minimum atomic E-state index is 0.456. The summed E-state index contributed by atoms with van der Waals surface area (Å²) in [5.74, 6) is 1.24. The van der Waals surface area contributed by atoms with E-state index in [1.807, 2.05) is 11.8 Å². The number of rotatable bonds is 7. The molecule has 0 amide bonds. The molecule has 1 aromatic rings. The summed E-state index contributed by atoms with van der Waals surface area (Å²) in [6.07, 6.45) is 5.51. The summed E-state index contributed by atoms with van der Waals surface area (Å²) < 4.78 is 0.